The maximum Gasteiger partial charge on any atom is 0.314 e. The second-order valence-corrected chi connectivity index (χ2v) is 4.29. The second-order valence-electron chi connectivity index (χ2n) is 4.29. The zero-order valence-electron chi connectivity index (χ0n) is 11.2. The molecule has 0 saturated heterocycles. The average molecular weight is 281 g/mol. The summed E-state index contributed by atoms with van der Waals surface area (Å²) in [5.41, 5.74) is -0.177. The number of Topliss-reactive ketones (excluding diaryl/α,β-unsaturated/α-hetero) is 1. The molecule has 20 heavy (non-hydrogen) atoms. The molecule has 2 atom stereocenters. The first-order valence-corrected chi connectivity index (χ1v) is 6.20. The normalized spacial score (nSPS) is 21.2. The number of methoxy groups -OCH3 is 1. The number of nitro benzene ring substituents is 1. The standard InChI is InChI=1S/C13H15NO6/c1-3-19-13-10(15)7-12(13)20-8-4-5-11(18-2)9(6-8)14(16)17/h4-6,12-13H,3,7H2,1-2H3. The van der Waals surface area contributed by atoms with Gasteiger partial charge in [-0.2, -0.15) is 0 Å². The lowest BCUT2D eigenvalue weighted by atomic mass is 9.90. The highest BCUT2D eigenvalue weighted by Crippen LogP contribution is 2.33. The Morgan fingerprint density at radius 3 is 2.75 bits per heavy atom. The van der Waals surface area contributed by atoms with E-state index in [0.29, 0.717) is 12.4 Å². The Balaban J connectivity index is 2.12. The van der Waals surface area contributed by atoms with Crippen molar-refractivity contribution in [1.82, 2.24) is 0 Å². The van der Waals surface area contributed by atoms with Crippen molar-refractivity contribution in [2.24, 2.45) is 0 Å². The van der Waals surface area contributed by atoms with Crippen LogP contribution in [0.25, 0.3) is 0 Å². The Hall–Kier alpha value is -2.15. The van der Waals surface area contributed by atoms with Gasteiger partial charge in [-0.15, -0.1) is 0 Å². The van der Waals surface area contributed by atoms with Gasteiger partial charge in [0.15, 0.2) is 17.6 Å². The maximum absolute atomic E-state index is 11.4. The number of ketones is 1. The molecule has 0 amide bonds. The number of nitro groups is 1. The van der Waals surface area contributed by atoms with E-state index in [2.05, 4.69) is 0 Å². The van der Waals surface area contributed by atoms with Gasteiger partial charge in [0.05, 0.1) is 18.1 Å². The van der Waals surface area contributed by atoms with Gasteiger partial charge in [0, 0.05) is 13.0 Å². The van der Waals surface area contributed by atoms with Crippen LogP contribution in [0.2, 0.25) is 0 Å². The molecule has 0 spiro atoms. The number of carbonyl (C=O) groups is 1. The van der Waals surface area contributed by atoms with Gasteiger partial charge in [0.25, 0.3) is 0 Å². The van der Waals surface area contributed by atoms with E-state index in [-0.39, 0.29) is 23.6 Å². The summed E-state index contributed by atoms with van der Waals surface area (Å²) in [7, 11) is 1.36. The van der Waals surface area contributed by atoms with E-state index in [1.807, 2.05) is 0 Å². The fourth-order valence-corrected chi connectivity index (χ4v) is 2.01. The molecule has 1 saturated carbocycles. The Morgan fingerprint density at radius 1 is 1.45 bits per heavy atom. The van der Waals surface area contributed by atoms with Gasteiger partial charge in [0.2, 0.25) is 0 Å². The SMILES string of the molecule is CCOC1C(=O)CC1Oc1ccc(OC)c([N+](=O)[O-])c1. The van der Waals surface area contributed by atoms with Gasteiger partial charge in [-0.1, -0.05) is 0 Å². The number of nitrogens with zero attached hydrogens (tertiary/aromatic N) is 1. The molecule has 2 rings (SSSR count). The fraction of sp³-hybridized carbons (Fsp3) is 0.462. The Labute approximate surface area is 115 Å². The Morgan fingerprint density at radius 2 is 2.20 bits per heavy atom. The number of hydrogen-bond donors (Lipinski definition) is 0. The molecule has 2 unspecified atom stereocenters. The molecule has 0 bridgehead atoms. The van der Waals surface area contributed by atoms with Crippen molar-refractivity contribution in [3.8, 4) is 11.5 Å². The van der Waals surface area contributed by atoms with Gasteiger partial charge in [0.1, 0.15) is 11.9 Å². The van der Waals surface area contributed by atoms with E-state index < -0.39 is 17.1 Å². The quantitative estimate of drug-likeness (QED) is 0.583. The zero-order chi connectivity index (χ0) is 14.7. The third kappa shape index (κ3) is 2.72. The van der Waals surface area contributed by atoms with Crippen LogP contribution in [-0.4, -0.2) is 36.6 Å². The summed E-state index contributed by atoms with van der Waals surface area (Å²) >= 11 is 0. The van der Waals surface area contributed by atoms with Crippen LogP contribution in [0.3, 0.4) is 0 Å². The molecular formula is C13H15NO6. The molecular weight excluding hydrogens is 266 g/mol. The van der Waals surface area contributed by atoms with Crippen molar-refractivity contribution in [3.63, 3.8) is 0 Å². The summed E-state index contributed by atoms with van der Waals surface area (Å²) < 4.78 is 15.7. The number of carbonyl (C=O) groups excluding carboxylic acids is 1. The van der Waals surface area contributed by atoms with Crippen molar-refractivity contribution in [3.05, 3.63) is 28.3 Å². The fourth-order valence-electron chi connectivity index (χ4n) is 2.01. The Bertz CT molecular complexity index is 530. The van der Waals surface area contributed by atoms with Gasteiger partial charge in [-0.05, 0) is 19.1 Å². The molecule has 0 aromatic heterocycles. The predicted octanol–water partition coefficient (Wildman–Crippen LogP) is 1.73. The van der Waals surface area contributed by atoms with Crippen molar-refractivity contribution in [2.75, 3.05) is 13.7 Å². The van der Waals surface area contributed by atoms with Crippen LogP contribution >= 0.6 is 0 Å². The molecule has 0 N–H and O–H groups in total. The molecule has 1 aliphatic rings. The number of ether oxygens (including phenoxy) is 3. The molecule has 0 radical (unpaired) electrons. The van der Waals surface area contributed by atoms with Crippen LogP contribution in [0.1, 0.15) is 13.3 Å². The summed E-state index contributed by atoms with van der Waals surface area (Å²) in [5, 5.41) is 10.9. The number of benzene rings is 1. The molecule has 7 heteroatoms. The van der Waals surface area contributed by atoms with Crippen LogP contribution in [0, 0.1) is 10.1 Å². The minimum atomic E-state index is -0.582. The van der Waals surface area contributed by atoms with Crippen LogP contribution in [0.4, 0.5) is 5.69 Å². The lowest BCUT2D eigenvalue weighted by Crippen LogP contribution is -2.52. The van der Waals surface area contributed by atoms with Gasteiger partial charge in [-0.3, -0.25) is 14.9 Å². The third-order valence-corrected chi connectivity index (χ3v) is 3.04. The summed E-state index contributed by atoms with van der Waals surface area (Å²) in [6.45, 7) is 2.21. The molecule has 0 aliphatic heterocycles. The summed E-state index contributed by atoms with van der Waals surface area (Å²) in [6, 6.07) is 4.31. The van der Waals surface area contributed by atoms with Gasteiger partial charge in [-0.25, -0.2) is 0 Å². The molecule has 1 aliphatic carbocycles. The van der Waals surface area contributed by atoms with E-state index in [1.54, 1.807) is 13.0 Å². The molecule has 7 nitrogen and oxygen atoms in total. The number of hydrogen-bond acceptors (Lipinski definition) is 6. The Kier molecular flexibility index (Phi) is 4.19. The van der Waals surface area contributed by atoms with E-state index in [0.717, 1.165) is 0 Å². The first kappa shape index (κ1) is 14.3. The van der Waals surface area contributed by atoms with Crippen molar-refractivity contribution in [2.45, 2.75) is 25.6 Å². The highest BCUT2D eigenvalue weighted by atomic mass is 16.6. The van der Waals surface area contributed by atoms with E-state index in [9.17, 15) is 14.9 Å². The second kappa shape index (κ2) is 5.87. The van der Waals surface area contributed by atoms with Crippen LogP contribution in [0.5, 0.6) is 11.5 Å². The lowest BCUT2D eigenvalue weighted by molar-refractivity contribution is -0.385. The molecule has 0 heterocycles. The largest absolute Gasteiger partial charge is 0.490 e. The van der Waals surface area contributed by atoms with E-state index in [4.69, 9.17) is 14.2 Å². The van der Waals surface area contributed by atoms with Crippen LogP contribution in [0.15, 0.2) is 18.2 Å². The van der Waals surface area contributed by atoms with E-state index in [1.165, 1.54) is 19.2 Å². The summed E-state index contributed by atoms with van der Waals surface area (Å²) in [4.78, 5) is 21.7. The first-order valence-electron chi connectivity index (χ1n) is 6.20. The van der Waals surface area contributed by atoms with E-state index >= 15 is 0 Å². The molecule has 1 aromatic carbocycles. The monoisotopic (exact) mass is 281 g/mol. The number of rotatable bonds is 6. The zero-order valence-corrected chi connectivity index (χ0v) is 11.2. The molecule has 108 valence electrons. The van der Waals surface area contributed by atoms with Gasteiger partial charge < -0.3 is 14.2 Å². The summed E-state index contributed by atoms with van der Waals surface area (Å²) in [6.07, 6.45) is -0.721. The van der Waals surface area contributed by atoms with Crippen molar-refractivity contribution in [1.29, 1.82) is 0 Å². The van der Waals surface area contributed by atoms with Gasteiger partial charge >= 0.3 is 5.69 Å². The topological polar surface area (TPSA) is 87.9 Å². The third-order valence-electron chi connectivity index (χ3n) is 3.04. The molecule has 1 aromatic rings. The highest BCUT2D eigenvalue weighted by Gasteiger charge is 2.42. The first-order chi connectivity index (χ1) is 9.56. The van der Waals surface area contributed by atoms with Crippen molar-refractivity contribution >= 4 is 11.5 Å². The maximum atomic E-state index is 11.4. The van der Waals surface area contributed by atoms with Crippen molar-refractivity contribution < 1.29 is 23.9 Å². The predicted molar refractivity (Wildman–Crippen MR) is 69.1 cm³/mol. The lowest BCUT2D eigenvalue weighted by Gasteiger charge is -2.34. The van der Waals surface area contributed by atoms with Crippen LogP contribution in [-0.2, 0) is 9.53 Å². The van der Waals surface area contributed by atoms with Crippen LogP contribution < -0.4 is 9.47 Å². The highest BCUT2D eigenvalue weighted by molar-refractivity contribution is 5.90. The minimum absolute atomic E-state index is 0.0140. The molecule has 1 fully saturated rings. The minimum Gasteiger partial charge on any atom is -0.490 e. The average Bonchev–Trinajstić information content (AvgIpc) is 2.44. The smallest absolute Gasteiger partial charge is 0.314 e. The summed E-state index contributed by atoms with van der Waals surface area (Å²) in [5.74, 6) is 0.466.